The van der Waals surface area contributed by atoms with Crippen LogP contribution >= 0.6 is 23.2 Å². The lowest BCUT2D eigenvalue weighted by Gasteiger charge is -2.28. The van der Waals surface area contributed by atoms with Crippen LogP contribution in [0.4, 0.5) is 11.5 Å². The fourth-order valence-corrected chi connectivity index (χ4v) is 5.12. The molecular formula is C16H22Cl2N5O4+. The number of nitrogens with zero attached hydrogens (tertiary/aromatic N) is 3. The molecule has 0 aromatic carbocycles. The minimum absolute atomic E-state index is 0.0246. The summed E-state index contributed by atoms with van der Waals surface area (Å²) in [5, 5.41) is 11.5. The lowest BCUT2D eigenvalue weighted by atomic mass is 10.2. The van der Waals surface area contributed by atoms with Gasteiger partial charge in [-0.1, -0.05) is 11.6 Å². The van der Waals surface area contributed by atoms with Gasteiger partial charge in [0.2, 0.25) is 11.1 Å². The van der Waals surface area contributed by atoms with Crippen molar-refractivity contribution in [3.05, 3.63) is 10.4 Å². The Hall–Kier alpha value is -0.940. The molecule has 11 heteroatoms. The van der Waals surface area contributed by atoms with E-state index in [0.29, 0.717) is 17.9 Å². The number of fused-ring (bicyclic) bond motifs is 2. The summed E-state index contributed by atoms with van der Waals surface area (Å²) in [4.78, 5) is 8.34. The zero-order valence-corrected chi connectivity index (χ0v) is 16.1. The number of aromatic nitrogens is 2. The molecule has 27 heavy (non-hydrogen) atoms. The Morgan fingerprint density at radius 2 is 2.04 bits per heavy atom. The van der Waals surface area contributed by atoms with Gasteiger partial charge in [-0.15, -0.1) is 5.53 Å². The summed E-state index contributed by atoms with van der Waals surface area (Å²) in [6.07, 6.45) is 4.19. The summed E-state index contributed by atoms with van der Waals surface area (Å²) < 4.78 is 18.8. The second-order valence-electron chi connectivity index (χ2n) is 7.38. The summed E-state index contributed by atoms with van der Waals surface area (Å²) in [6, 6.07) is -0.0468. The van der Waals surface area contributed by atoms with Crippen molar-refractivity contribution in [3.8, 4) is 0 Å². The molecule has 2 saturated carbocycles. The van der Waals surface area contributed by atoms with Crippen molar-refractivity contribution < 1.29 is 24.9 Å². The van der Waals surface area contributed by atoms with E-state index in [1.807, 2.05) is 10.5 Å². The van der Waals surface area contributed by atoms with E-state index in [-0.39, 0.29) is 48.0 Å². The Morgan fingerprint density at radius 3 is 2.81 bits per heavy atom. The predicted octanol–water partition coefficient (Wildman–Crippen LogP) is 0.613. The minimum atomic E-state index is -0.508. The van der Waals surface area contributed by atoms with Gasteiger partial charge in [0.05, 0.1) is 19.3 Å². The second-order valence-corrected chi connectivity index (χ2v) is 8.08. The number of quaternary nitrogens is 1. The average Bonchev–Trinajstić information content (AvgIpc) is 3.39. The topological polar surface area (TPSA) is 106 Å². The summed E-state index contributed by atoms with van der Waals surface area (Å²) in [5.74, 6) is 0.119. The van der Waals surface area contributed by atoms with E-state index >= 15 is 0 Å². The summed E-state index contributed by atoms with van der Waals surface area (Å²) in [5.41, 5.74) is 5.58. The van der Waals surface area contributed by atoms with Crippen LogP contribution in [-0.4, -0.2) is 58.4 Å². The lowest BCUT2D eigenvalue weighted by molar-refractivity contribution is -0.637. The minimum Gasteiger partial charge on any atom is -0.394 e. The molecule has 4 aliphatic rings. The predicted molar refractivity (Wildman–Crippen MR) is 96.3 cm³/mol. The maximum absolute atomic E-state index is 9.17. The number of nitrogen functional groups attached to an aromatic ring is 1. The van der Waals surface area contributed by atoms with Gasteiger partial charge in [0.25, 0.3) is 0 Å². The first-order valence-electron chi connectivity index (χ1n) is 9.29. The van der Waals surface area contributed by atoms with Crippen molar-refractivity contribution in [1.29, 1.82) is 0 Å². The van der Waals surface area contributed by atoms with Crippen molar-refractivity contribution in [2.45, 2.75) is 62.2 Å². The molecule has 3 heterocycles. The average molecular weight is 419 g/mol. The van der Waals surface area contributed by atoms with Crippen molar-refractivity contribution in [3.63, 3.8) is 0 Å². The van der Waals surface area contributed by atoms with Crippen LogP contribution in [0.15, 0.2) is 0 Å². The van der Waals surface area contributed by atoms with E-state index in [1.165, 1.54) is 0 Å². The molecule has 0 bridgehead atoms. The van der Waals surface area contributed by atoms with Crippen LogP contribution in [0.5, 0.6) is 0 Å². The number of aliphatic hydroxyl groups excluding tert-OH is 1. The Bertz CT molecular complexity index is 735. The third-order valence-electron chi connectivity index (χ3n) is 5.80. The normalized spacial score (nSPS) is 33.5. The summed E-state index contributed by atoms with van der Waals surface area (Å²) >= 11 is 12.2. The van der Waals surface area contributed by atoms with Crippen molar-refractivity contribution in [2.24, 2.45) is 0 Å². The van der Waals surface area contributed by atoms with Crippen LogP contribution in [0.1, 0.15) is 32.1 Å². The molecule has 1 aromatic rings. The molecule has 1 unspecified atom stereocenters. The number of nitrogens with one attached hydrogen (secondary N) is 1. The second kappa shape index (κ2) is 6.84. The molecular weight excluding hydrogens is 397 g/mol. The van der Waals surface area contributed by atoms with Crippen LogP contribution in [0.25, 0.3) is 0 Å². The smallest absolute Gasteiger partial charge is 0.226 e. The van der Waals surface area contributed by atoms with Gasteiger partial charge in [-0.2, -0.15) is 9.99 Å². The van der Waals surface area contributed by atoms with Gasteiger partial charge in [-0.05, 0) is 24.4 Å². The van der Waals surface area contributed by atoms with Gasteiger partial charge in [0, 0.05) is 19.3 Å². The van der Waals surface area contributed by atoms with E-state index in [2.05, 4.69) is 15.4 Å². The van der Waals surface area contributed by atoms with E-state index in [0.717, 1.165) is 25.7 Å². The van der Waals surface area contributed by atoms with Crippen molar-refractivity contribution in [1.82, 2.24) is 9.97 Å². The number of ether oxygens (including phenoxy) is 3. The zero-order valence-electron chi connectivity index (χ0n) is 14.6. The van der Waals surface area contributed by atoms with E-state index in [9.17, 15) is 5.11 Å². The lowest BCUT2D eigenvalue weighted by Crippen LogP contribution is -2.97. The number of aliphatic hydroxyl groups is 1. The Balaban J connectivity index is 1.45. The monoisotopic (exact) mass is 418 g/mol. The number of hydrogen-bond donors (Lipinski definition) is 3. The molecule has 2 aliphatic carbocycles. The summed E-state index contributed by atoms with van der Waals surface area (Å²) in [7, 11) is 0. The molecule has 148 valence electrons. The third-order valence-corrected chi connectivity index (χ3v) is 6.24. The number of nitrogens with two attached hydrogens (primary N) is 1. The zero-order chi connectivity index (χ0) is 18.6. The largest absolute Gasteiger partial charge is 0.394 e. The first-order valence-corrected chi connectivity index (χ1v) is 10.1. The first kappa shape index (κ1) is 18.1. The van der Waals surface area contributed by atoms with Crippen molar-refractivity contribution >= 4 is 34.7 Å². The molecule has 1 aromatic heterocycles. The van der Waals surface area contributed by atoms with Crippen LogP contribution in [0.3, 0.4) is 0 Å². The number of rotatable bonds is 4. The fraction of sp³-hybridized carbons (Fsp3) is 0.750. The SMILES string of the molecule is OCCO[C@H]1CC(N2[NH2+]Nc3c(Cl)nc(Cl)nc32)[C@@H]2OC3(CCCC3)O[C@H]12. The molecule has 1 saturated heterocycles. The van der Waals surface area contributed by atoms with Gasteiger partial charge in [-0.25, -0.2) is 10.4 Å². The maximum atomic E-state index is 9.17. The maximum Gasteiger partial charge on any atom is 0.226 e. The standard InChI is InChI=1S/C16H21Cl2N5O4/c17-13-10-14(20-15(18)19-13)23(22-21-10)8-7-9(25-6-5-24)12-11(8)26-16(27-12)3-1-2-4-16/h8-9,11-12,21-22,24H,1-7H2/p+1/t8?,9-,11-,12+/m0/s1. The Labute approximate surface area is 166 Å². The molecule has 3 fully saturated rings. The van der Waals surface area contributed by atoms with Crippen LogP contribution < -0.4 is 16.0 Å². The highest BCUT2D eigenvalue weighted by Crippen LogP contribution is 2.49. The molecule has 4 N–H and O–H groups in total. The van der Waals surface area contributed by atoms with E-state index < -0.39 is 5.79 Å². The van der Waals surface area contributed by atoms with Crippen LogP contribution in [-0.2, 0) is 14.2 Å². The van der Waals surface area contributed by atoms with E-state index in [4.69, 9.17) is 37.4 Å². The molecule has 9 nitrogen and oxygen atoms in total. The summed E-state index contributed by atoms with van der Waals surface area (Å²) in [6.45, 7) is 0.249. The highest BCUT2D eigenvalue weighted by Gasteiger charge is 2.61. The fourth-order valence-electron chi connectivity index (χ4n) is 4.69. The first-order chi connectivity index (χ1) is 13.1. The Morgan fingerprint density at radius 1 is 1.26 bits per heavy atom. The number of anilines is 2. The highest BCUT2D eigenvalue weighted by molar-refractivity contribution is 6.34. The van der Waals surface area contributed by atoms with Crippen LogP contribution in [0, 0.1) is 0 Å². The number of halogens is 2. The molecule has 0 amide bonds. The molecule has 2 aliphatic heterocycles. The van der Waals surface area contributed by atoms with Gasteiger partial charge in [0.1, 0.15) is 18.2 Å². The third kappa shape index (κ3) is 2.96. The molecule has 4 atom stereocenters. The Kier molecular flexibility index (Phi) is 4.59. The molecule has 0 radical (unpaired) electrons. The van der Waals surface area contributed by atoms with Crippen LogP contribution in [0.2, 0.25) is 10.4 Å². The highest BCUT2D eigenvalue weighted by atomic mass is 35.5. The van der Waals surface area contributed by atoms with Gasteiger partial charge < -0.3 is 19.3 Å². The number of hydrogen-bond acceptors (Lipinski definition) is 8. The van der Waals surface area contributed by atoms with E-state index in [1.54, 1.807) is 0 Å². The molecule has 5 rings (SSSR count). The van der Waals surface area contributed by atoms with Gasteiger partial charge >= 0.3 is 0 Å². The quantitative estimate of drug-likeness (QED) is 0.371. The molecule has 1 spiro atoms. The van der Waals surface area contributed by atoms with Gasteiger partial charge in [0.15, 0.2) is 16.6 Å². The van der Waals surface area contributed by atoms with Gasteiger partial charge in [-0.3, -0.25) is 0 Å². The van der Waals surface area contributed by atoms with Crippen molar-refractivity contribution in [2.75, 3.05) is 23.6 Å².